The van der Waals surface area contributed by atoms with Crippen LogP contribution in [0.3, 0.4) is 0 Å². The minimum absolute atomic E-state index is 0.0313. The van der Waals surface area contributed by atoms with Crippen LogP contribution in [0, 0.1) is 12.3 Å². The lowest BCUT2D eigenvalue weighted by atomic mass is 9.82. The van der Waals surface area contributed by atoms with Crippen LogP contribution in [0.1, 0.15) is 52.6 Å². The molecule has 7 heteroatoms. The van der Waals surface area contributed by atoms with Gasteiger partial charge in [0.05, 0.1) is 5.39 Å². The fraction of sp³-hybridized carbons (Fsp3) is 0.625. The third kappa shape index (κ3) is 4.36. The van der Waals surface area contributed by atoms with E-state index < -0.39 is 17.5 Å². The van der Waals surface area contributed by atoms with Crippen LogP contribution >= 0.6 is 0 Å². The number of halogens is 3. The molecule has 23 heavy (non-hydrogen) atoms. The molecule has 0 aliphatic carbocycles. The molecule has 2 N–H and O–H groups in total. The molecule has 0 aromatic carbocycles. The zero-order chi connectivity index (χ0) is 17.6. The van der Waals surface area contributed by atoms with Crippen LogP contribution in [0.25, 0.3) is 11.0 Å². The number of hydrogen-bond acceptors (Lipinski definition) is 3. The summed E-state index contributed by atoms with van der Waals surface area (Å²) in [4.78, 5) is 10.2. The first-order chi connectivity index (χ1) is 10.3. The Morgan fingerprint density at radius 1 is 1.09 bits per heavy atom. The Morgan fingerprint density at radius 3 is 2.22 bits per heavy atom. The largest absolute Gasteiger partial charge is 0.451 e. The summed E-state index contributed by atoms with van der Waals surface area (Å²) in [6.45, 7) is 12.0. The first kappa shape index (κ1) is 17.6. The molecule has 0 radical (unpaired) electrons. The predicted molar refractivity (Wildman–Crippen MR) is 85.4 cm³/mol. The first-order valence-electron chi connectivity index (χ1n) is 7.50. The van der Waals surface area contributed by atoms with E-state index in [-0.39, 0.29) is 16.9 Å². The molecule has 0 fully saturated rings. The van der Waals surface area contributed by atoms with E-state index >= 15 is 0 Å². The van der Waals surface area contributed by atoms with Crippen LogP contribution in [0.2, 0.25) is 0 Å². The van der Waals surface area contributed by atoms with Crippen molar-refractivity contribution in [3.63, 3.8) is 0 Å². The van der Waals surface area contributed by atoms with Gasteiger partial charge in [-0.2, -0.15) is 13.2 Å². The lowest BCUT2D eigenvalue weighted by Gasteiger charge is -2.34. The fourth-order valence-electron chi connectivity index (χ4n) is 3.05. The highest BCUT2D eigenvalue weighted by atomic mass is 19.4. The monoisotopic (exact) mass is 328 g/mol. The van der Waals surface area contributed by atoms with Gasteiger partial charge in [-0.25, -0.2) is 9.97 Å². The quantitative estimate of drug-likeness (QED) is 0.841. The highest BCUT2D eigenvalue weighted by Gasteiger charge is 2.36. The van der Waals surface area contributed by atoms with E-state index in [1.807, 2.05) is 13.8 Å². The van der Waals surface area contributed by atoms with Gasteiger partial charge in [-0.05, 0) is 38.7 Å². The number of aromatic amines is 1. The molecule has 128 valence electrons. The molecule has 0 saturated heterocycles. The summed E-state index contributed by atoms with van der Waals surface area (Å²) in [5, 5.41) is 3.74. The molecule has 0 aliphatic heterocycles. The van der Waals surface area contributed by atoms with Crippen molar-refractivity contribution in [3.8, 4) is 0 Å². The molecular weight excluding hydrogens is 305 g/mol. The fourth-order valence-corrected chi connectivity index (χ4v) is 3.05. The molecule has 2 rings (SSSR count). The minimum Gasteiger partial charge on any atom is -0.364 e. The second-order valence-electron chi connectivity index (χ2n) is 7.85. The summed E-state index contributed by atoms with van der Waals surface area (Å²) < 4.78 is 39.1. The predicted octanol–water partition coefficient (Wildman–Crippen LogP) is 4.91. The maximum Gasteiger partial charge on any atom is 0.451 e. The van der Waals surface area contributed by atoms with Crippen LogP contribution in [0.4, 0.5) is 19.0 Å². The Hall–Kier alpha value is -1.79. The number of nitrogens with zero attached hydrogens (tertiary/aromatic N) is 2. The van der Waals surface area contributed by atoms with E-state index in [1.54, 1.807) is 13.0 Å². The molecule has 0 amide bonds. The van der Waals surface area contributed by atoms with Gasteiger partial charge in [0.1, 0.15) is 11.5 Å². The zero-order valence-electron chi connectivity index (χ0n) is 14.3. The third-order valence-corrected chi connectivity index (χ3v) is 3.30. The molecule has 4 nitrogen and oxygen atoms in total. The first-order valence-corrected chi connectivity index (χ1v) is 7.50. The molecule has 0 aliphatic rings. The number of fused-ring (bicyclic) bond motifs is 1. The van der Waals surface area contributed by atoms with Gasteiger partial charge in [0, 0.05) is 11.2 Å². The Balaban J connectivity index is 2.50. The Bertz CT molecular complexity index is 708. The molecular formula is C16H23F3N4. The van der Waals surface area contributed by atoms with E-state index in [0.717, 1.165) is 12.1 Å². The topological polar surface area (TPSA) is 53.6 Å². The number of aryl methyl sites for hydroxylation is 1. The van der Waals surface area contributed by atoms with Crippen molar-refractivity contribution in [2.75, 3.05) is 5.32 Å². The van der Waals surface area contributed by atoms with Crippen LogP contribution in [-0.2, 0) is 6.18 Å². The second-order valence-corrected chi connectivity index (χ2v) is 7.85. The summed E-state index contributed by atoms with van der Waals surface area (Å²) in [6.07, 6.45) is -3.81. The average molecular weight is 328 g/mol. The number of anilines is 1. The Labute approximate surface area is 133 Å². The molecule has 0 unspecified atom stereocenters. The molecule has 2 aromatic rings. The number of rotatable bonds is 3. The summed E-state index contributed by atoms with van der Waals surface area (Å²) in [6, 6.07) is 1.75. The normalized spacial score (nSPS) is 13.6. The molecule has 0 spiro atoms. The van der Waals surface area contributed by atoms with Crippen molar-refractivity contribution >= 4 is 16.9 Å². The molecule has 2 heterocycles. The number of alkyl halides is 3. The van der Waals surface area contributed by atoms with Gasteiger partial charge in [-0.15, -0.1) is 0 Å². The lowest BCUT2D eigenvalue weighted by molar-refractivity contribution is -0.144. The van der Waals surface area contributed by atoms with E-state index in [2.05, 4.69) is 41.0 Å². The lowest BCUT2D eigenvalue weighted by Crippen LogP contribution is -2.36. The average Bonchev–Trinajstić information content (AvgIpc) is 2.64. The number of aromatic nitrogens is 3. The third-order valence-electron chi connectivity index (χ3n) is 3.30. The Kier molecular flexibility index (Phi) is 4.11. The van der Waals surface area contributed by atoms with Crippen LogP contribution in [0.5, 0.6) is 0 Å². The molecule has 0 bridgehead atoms. The number of nitrogens with one attached hydrogen (secondary N) is 2. The van der Waals surface area contributed by atoms with Crippen molar-refractivity contribution in [1.29, 1.82) is 0 Å². The minimum atomic E-state index is -4.59. The van der Waals surface area contributed by atoms with Gasteiger partial charge in [-0.1, -0.05) is 20.8 Å². The summed E-state index contributed by atoms with van der Waals surface area (Å²) >= 11 is 0. The van der Waals surface area contributed by atoms with Crippen molar-refractivity contribution in [1.82, 2.24) is 15.0 Å². The van der Waals surface area contributed by atoms with Gasteiger partial charge in [0.25, 0.3) is 0 Å². The highest BCUT2D eigenvalue weighted by Crippen LogP contribution is 2.34. The smallest absolute Gasteiger partial charge is 0.364 e. The summed E-state index contributed by atoms with van der Waals surface area (Å²) in [5.41, 5.74) is 0.557. The van der Waals surface area contributed by atoms with Crippen LogP contribution in [0.15, 0.2) is 6.07 Å². The Morgan fingerprint density at radius 2 is 1.70 bits per heavy atom. The van der Waals surface area contributed by atoms with Crippen molar-refractivity contribution in [2.45, 2.75) is 59.7 Å². The van der Waals surface area contributed by atoms with Crippen molar-refractivity contribution in [3.05, 3.63) is 17.6 Å². The second kappa shape index (κ2) is 5.39. The van der Waals surface area contributed by atoms with E-state index in [1.165, 1.54) is 0 Å². The van der Waals surface area contributed by atoms with Gasteiger partial charge >= 0.3 is 6.18 Å². The number of H-pyrrole nitrogens is 1. The summed E-state index contributed by atoms with van der Waals surface area (Å²) in [7, 11) is 0. The van der Waals surface area contributed by atoms with Crippen LogP contribution in [-0.4, -0.2) is 20.5 Å². The maximum atomic E-state index is 13.0. The molecule has 2 aromatic heterocycles. The van der Waals surface area contributed by atoms with Gasteiger partial charge in [0.2, 0.25) is 5.82 Å². The van der Waals surface area contributed by atoms with E-state index in [4.69, 9.17) is 0 Å². The van der Waals surface area contributed by atoms with E-state index in [0.29, 0.717) is 5.39 Å². The SMILES string of the molecule is Cc1cc2c(NC(C)(C)CC(C)(C)C)nc(C(F)(F)F)nc2[nH]1. The van der Waals surface area contributed by atoms with Gasteiger partial charge < -0.3 is 10.3 Å². The van der Waals surface area contributed by atoms with Crippen molar-refractivity contribution < 1.29 is 13.2 Å². The van der Waals surface area contributed by atoms with Crippen LogP contribution < -0.4 is 5.32 Å². The highest BCUT2D eigenvalue weighted by molar-refractivity contribution is 5.88. The zero-order valence-corrected chi connectivity index (χ0v) is 14.3. The van der Waals surface area contributed by atoms with Gasteiger partial charge in [-0.3, -0.25) is 0 Å². The van der Waals surface area contributed by atoms with Crippen molar-refractivity contribution in [2.24, 2.45) is 5.41 Å². The standard InChI is InChI=1S/C16H23F3N4/c1-9-7-10-11(20-9)21-13(16(17,18)19)22-12(10)23-15(5,6)8-14(2,3)4/h7H,8H2,1-6H3,(H2,20,21,22,23). The molecule has 0 saturated carbocycles. The van der Waals surface area contributed by atoms with Gasteiger partial charge in [0.15, 0.2) is 0 Å². The summed E-state index contributed by atoms with van der Waals surface area (Å²) in [5.74, 6) is -0.929. The molecule has 0 atom stereocenters. The maximum absolute atomic E-state index is 13.0. The number of hydrogen-bond donors (Lipinski definition) is 2. The van der Waals surface area contributed by atoms with E-state index in [9.17, 15) is 13.2 Å².